The van der Waals surface area contributed by atoms with Gasteiger partial charge in [0, 0.05) is 17.1 Å². The van der Waals surface area contributed by atoms with Crippen molar-refractivity contribution < 1.29 is 9.47 Å². The molecular weight excluding hydrogens is 410 g/mol. The number of fused-ring (bicyclic) bond motifs is 1. The van der Waals surface area contributed by atoms with Gasteiger partial charge in [-0.1, -0.05) is 42.5 Å². The van der Waals surface area contributed by atoms with Crippen LogP contribution < -0.4 is 14.8 Å². The van der Waals surface area contributed by atoms with Crippen molar-refractivity contribution in [3.8, 4) is 11.5 Å². The molecule has 3 aromatic carbocycles. The zero-order valence-corrected chi connectivity index (χ0v) is 18.5. The molecule has 5 nitrogen and oxygen atoms in total. The van der Waals surface area contributed by atoms with E-state index in [0.29, 0.717) is 24.7 Å². The van der Waals surface area contributed by atoms with E-state index in [1.165, 1.54) is 11.1 Å². The summed E-state index contributed by atoms with van der Waals surface area (Å²) in [6, 6.07) is 22.7. The highest BCUT2D eigenvalue weighted by molar-refractivity contribution is 5.93. The average Bonchev–Trinajstić information content (AvgIpc) is 2.77. The number of hydrogen-bond acceptors (Lipinski definition) is 5. The smallest absolute Gasteiger partial charge is 0.163 e. The summed E-state index contributed by atoms with van der Waals surface area (Å²) in [6.07, 6.45) is 2.47. The standard InChI is InChI=1S/C25H25N3O2.ClH/c1-3-29-23-15-21-22(16-24(23)30-4-2)26-17-27-25(21)28-20-12-10-19(11-13-20)14-18-8-6-5-7-9-18;/h5-13,15-17H,3-4,14H2,1-2H3,(H,26,27,28);1H. The van der Waals surface area contributed by atoms with Gasteiger partial charge in [-0.3, -0.25) is 0 Å². The second-order valence-electron chi connectivity index (χ2n) is 6.89. The lowest BCUT2D eigenvalue weighted by molar-refractivity contribution is 0.288. The van der Waals surface area contributed by atoms with Gasteiger partial charge in [0.2, 0.25) is 0 Å². The minimum atomic E-state index is 0. The predicted molar refractivity (Wildman–Crippen MR) is 128 cm³/mol. The van der Waals surface area contributed by atoms with Crippen molar-refractivity contribution in [3.05, 3.63) is 84.2 Å². The highest BCUT2D eigenvalue weighted by atomic mass is 35.5. The Bertz CT molecular complexity index is 1120. The number of ether oxygens (including phenoxy) is 2. The molecule has 160 valence electrons. The van der Waals surface area contributed by atoms with Crippen LogP contribution in [-0.2, 0) is 6.42 Å². The number of halogens is 1. The van der Waals surface area contributed by atoms with Gasteiger partial charge in [0.15, 0.2) is 11.5 Å². The van der Waals surface area contributed by atoms with Crippen LogP contribution in [0.15, 0.2) is 73.1 Å². The Hall–Kier alpha value is -3.31. The van der Waals surface area contributed by atoms with Gasteiger partial charge in [-0.2, -0.15) is 0 Å². The number of rotatable bonds is 8. The Morgan fingerprint density at radius 1 is 0.774 bits per heavy atom. The SMILES string of the molecule is CCOc1cc2ncnc(Nc3ccc(Cc4ccccc4)cc3)c2cc1OCC.Cl. The summed E-state index contributed by atoms with van der Waals surface area (Å²) in [5.74, 6) is 2.13. The molecule has 0 radical (unpaired) electrons. The third-order valence-corrected chi connectivity index (χ3v) is 4.77. The first-order chi connectivity index (χ1) is 14.8. The molecule has 0 saturated carbocycles. The molecule has 0 fully saturated rings. The van der Waals surface area contributed by atoms with Crippen LogP contribution in [0.4, 0.5) is 11.5 Å². The van der Waals surface area contributed by atoms with Crippen molar-refractivity contribution in [3.63, 3.8) is 0 Å². The zero-order valence-electron chi connectivity index (χ0n) is 17.7. The first kappa shape index (κ1) is 22.4. The van der Waals surface area contributed by atoms with E-state index in [0.717, 1.165) is 28.8 Å². The summed E-state index contributed by atoms with van der Waals surface area (Å²) in [5, 5.41) is 4.30. The third-order valence-electron chi connectivity index (χ3n) is 4.77. The first-order valence-corrected chi connectivity index (χ1v) is 10.2. The Labute approximate surface area is 188 Å². The minimum Gasteiger partial charge on any atom is -0.490 e. The molecule has 1 aromatic heterocycles. The van der Waals surface area contributed by atoms with E-state index in [4.69, 9.17) is 9.47 Å². The summed E-state index contributed by atoms with van der Waals surface area (Å²) in [5.41, 5.74) is 4.34. The van der Waals surface area contributed by atoms with Crippen LogP contribution in [0.25, 0.3) is 10.9 Å². The lowest BCUT2D eigenvalue weighted by Gasteiger charge is -2.14. The predicted octanol–water partition coefficient (Wildman–Crippen LogP) is 6.18. The number of anilines is 2. The molecule has 1 N–H and O–H groups in total. The summed E-state index contributed by atoms with van der Waals surface area (Å²) in [7, 11) is 0. The molecule has 6 heteroatoms. The van der Waals surface area contributed by atoms with Gasteiger partial charge < -0.3 is 14.8 Å². The van der Waals surface area contributed by atoms with E-state index in [1.807, 2.05) is 32.0 Å². The molecule has 1 heterocycles. The Morgan fingerprint density at radius 2 is 1.42 bits per heavy atom. The fourth-order valence-corrected chi connectivity index (χ4v) is 3.37. The van der Waals surface area contributed by atoms with Crippen molar-refractivity contribution in [1.82, 2.24) is 9.97 Å². The van der Waals surface area contributed by atoms with Crippen molar-refractivity contribution >= 4 is 34.8 Å². The van der Waals surface area contributed by atoms with Crippen LogP contribution >= 0.6 is 12.4 Å². The van der Waals surface area contributed by atoms with Crippen molar-refractivity contribution in [1.29, 1.82) is 0 Å². The van der Waals surface area contributed by atoms with E-state index < -0.39 is 0 Å². The van der Waals surface area contributed by atoms with Crippen LogP contribution in [0.3, 0.4) is 0 Å². The number of benzene rings is 3. The third kappa shape index (κ3) is 5.44. The van der Waals surface area contributed by atoms with Crippen LogP contribution in [-0.4, -0.2) is 23.2 Å². The normalized spacial score (nSPS) is 10.4. The van der Waals surface area contributed by atoms with Crippen LogP contribution in [0, 0.1) is 0 Å². The largest absolute Gasteiger partial charge is 0.490 e. The number of nitrogens with zero attached hydrogens (tertiary/aromatic N) is 2. The molecule has 0 aliphatic carbocycles. The van der Waals surface area contributed by atoms with Crippen molar-refractivity contribution in [2.75, 3.05) is 18.5 Å². The highest BCUT2D eigenvalue weighted by Crippen LogP contribution is 2.35. The molecule has 0 unspecified atom stereocenters. The topological polar surface area (TPSA) is 56.3 Å². The fourth-order valence-electron chi connectivity index (χ4n) is 3.37. The Morgan fingerprint density at radius 3 is 2.10 bits per heavy atom. The molecule has 0 saturated heterocycles. The monoisotopic (exact) mass is 435 g/mol. The lowest BCUT2D eigenvalue weighted by Crippen LogP contribution is -2.01. The highest BCUT2D eigenvalue weighted by Gasteiger charge is 2.12. The Balaban J connectivity index is 0.00000272. The maximum absolute atomic E-state index is 5.77. The second-order valence-corrected chi connectivity index (χ2v) is 6.89. The number of hydrogen-bond donors (Lipinski definition) is 1. The molecule has 0 spiro atoms. The molecule has 31 heavy (non-hydrogen) atoms. The van der Waals surface area contributed by atoms with E-state index >= 15 is 0 Å². The van der Waals surface area contributed by atoms with Gasteiger partial charge in [-0.25, -0.2) is 9.97 Å². The van der Waals surface area contributed by atoms with E-state index in [-0.39, 0.29) is 12.4 Å². The number of aromatic nitrogens is 2. The average molecular weight is 436 g/mol. The van der Waals surface area contributed by atoms with Crippen LogP contribution in [0.1, 0.15) is 25.0 Å². The van der Waals surface area contributed by atoms with Crippen molar-refractivity contribution in [2.24, 2.45) is 0 Å². The summed E-state index contributed by atoms with van der Waals surface area (Å²) < 4.78 is 11.5. The van der Waals surface area contributed by atoms with Crippen LogP contribution in [0.5, 0.6) is 11.5 Å². The van der Waals surface area contributed by atoms with E-state index in [2.05, 4.69) is 63.8 Å². The molecule has 4 aromatic rings. The molecule has 0 bridgehead atoms. The van der Waals surface area contributed by atoms with Gasteiger partial charge in [-0.15, -0.1) is 12.4 Å². The summed E-state index contributed by atoms with van der Waals surface area (Å²) in [4.78, 5) is 8.85. The zero-order chi connectivity index (χ0) is 20.8. The number of nitrogens with one attached hydrogen (secondary N) is 1. The molecule has 4 rings (SSSR count). The molecule has 0 amide bonds. The van der Waals surface area contributed by atoms with Gasteiger partial charge in [0.25, 0.3) is 0 Å². The lowest BCUT2D eigenvalue weighted by atomic mass is 10.0. The summed E-state index contributed by atoms with van der Waals surface area (Å²) in [6.45, 7) is 5.04. The maximum atomic E-state index is 5.77. The maximum Gasteiger partial charge on any atom is 0.163 e. The minimum absolute atomic E-state index is 0. The summed E-state index contributed by atoms with van der Waals surface area (Å²) >= 11 is 0. The van der Waals surface area contributed by atoms with Gasteiger partial charge in [0.1, 0.15) is 12.1 Å². The Kier molecular flexibility index (Phi) is 7.68. The van der Waals surface area contributed by atoms with Crippen molar-refractivity contribution in [2.45, 2.75) is 20.3 Å². The molecule has 0 aliphatic heterocycles. The van der Waals surface area contributed by atoms with E-state index in [9.17, 15) is 0 Å². The second kappa shape index (κ2) is 10.6. The van der Waals surface area contributed by atoms with Crippen LogP contribution in [0.2, 0.25) is 0 Å². The molecule has 0 atom stereocenters. The quantitative estimate of drug-likeness (QED) is 0.358. The fraction of sp³-hybridized carbons (Fsp3) is 0.200. The van der Waals surface area contributed by atoms with Gasteiger partial charge >= 0.3 is 0 Å². The molecular formula is C25H26ClN3O2. The molecule has 0 aliphatic rings. The van der Waals surface area contributed by atoms with E-state index in [1.54, 1.807) is 6.33 Å². The van der Waals surface area contributed by atoms with Gasteiger partial charge in [-0.05, 0) is 49.6 Å². The van der Waals surface area contributed by atoms with Gasteiger partial charge in [0.05, 0.1) is 18.7 Å². The first-order valence-electron chi connectivity index (χ1n) is 10.2.